The molecule has 0 amide bonds. The molecule has 0 aliphatic carbocycles. The van der Waals surface area contributed by atoms with Crippen molar-refractivity contribution in [3.05, 3.63) is 40.9 Å². The molecule has 14 heavy (non-hydrogen) atoms. The number of ether oxygens (including phenoxy) is 1. The van der Waals surface area contributed by atoms with Gasteiger partial charge in [-0.2, -0.15) is 0 Å². The molecule has 1 atom stereocenters. The van der Waals surface area contributed by atoms with Crippen molar-refractivity contribution in [2.24, 2.45) is 5.73 Å². The SMILES string of the molecule is C=C[C@H](N)c1ccc(Br)cc1OC.Cl. The molecule has 0 spiro atoms. The summed E-state index contributed by atoms with van der Waals surface area (Å²) in [6, 6.07) is 5.57. The second kappa shape index (κ2) is 6.06. The summed E-state index contributed by atoms with van der Waals surface area (Å²) in [6.07, 6.45) is 1.69. The van der Waals surface area contributed by atoms with Crippen LogP contribution in [0.4, 0.5) is 0 Å². The molecule has 2 N–H and O–H groups in total. The molecule has 1 aromatic carbocycles. The molecule has 0 heterocycles. The molecule has 4 heteroatoms. The van der Waals surface area contributed by atoms with E-state index in [1.165, 1.54) is 0 Å². The van der Waals surface area contributed by atoms with Crippen LogP contribution in [-0.2, 0) is 0 Å². The van der Waals surface area contributed by atoms with Crippen molar-refractivity contribution >= 4 is 28.3 Å². The van der Waals surface area contributed by atoms with Crippen LogP contribution >= 0.6 is 28.3 Å². The van der Waals surface area contributed by atoms with E-state index in [0.717, 1.165) is 15.8 Å². The van der Waals surface area contributed by atoms with Crippen LogP contribution in [0.1, 0.15) is 11.6 Å². The van der Waals surface area contributed by atoms with Crippen LogP contribution in [0.2, 0.25) is 0 Å². The smallest absolute Gasteiger partial charge is 0.125 e. The van der Waals surface area contributed by atoms with Gasteiger partial charge in [0.05, 0.1) is 13.2 Å². The van der Waals surface area contributed by atoms with E-state index in [0.29, 0.717) is 0 Å². The van der Waals surface area contributed by atoms with Crippen molar-refractivity contribution in [3.63, 3.8) is 0 Å². The van der Waals surface area contributed by atoms with E-state index in [-0.39, 0.29) is 18.4 Å². The summed E-state index contributed by atoms with van der Waals surface area (Å²) in [6.45, 7) is 3.64. The van der Waals surface area contributed by atoms with Crippen LogP contribution in [0.25, 0.3) is 0 Å². The Morgan fingerprint density at radius 1 is 1.57 bits per heavy atom. The number of rotatable bonds is 3. The predicted octanol–water partition coefficient (Wildman–Crippen LogP) is 3.07. The predicted molar refractivity (Wildman–Crippen MR) is 65.1 cm³/mol. The zero-order valence-electron chi connectivity index (χ0n) is 7.87. The van der Waals surface area contributed by atoms with Gasteiger partial charge in [-0.25, -0.2) is 0 Å². The van der Waals surface area contributed by atoms with E-state index < -0.39 is 0 Å². The molecule has 1 rings (SSSR count). The van der Waals surface area contributed by atoms with Crippen molar-refractivity contribution in [1.82, 2.24) is 0 Å². The Morgan fingerprint density at radius 3 is 2.71 bits per heavy atom. The van der Waals surface area contributed by atoms with E-state index in [1.807, 2.05) is 18.2 Å². The van der Waals surface area contributed by atoms with E-state index in [2.05, 4.69) is 22.5 Å². The third-order valence-corrected chi connectivity index (χ3v) is 2.30. The summed E-state index contributed by atoms with van der Waals surface area (Å²) in [5, 5.41) is 0. The van der Waals surface area contributed by atoms with Gasteiger partial charge in [-0.3, -0.25) is 0 Å². The number of halogens is 2. The summed E-state index contributed by atoms with van der Waals surface area (Å²) in [4.78, 5) is 0. The molecule has 0 aromatic heterocycles. The Kier molecular flexibility index (Phi) is 5.84. The van der Waals surface area contributed by atoms with E-state index in [4.69, 9.17) is 10.5 Å². The van der Waals surface area contributed by atoms with Gasteiger partial charge in [-0.1, -0.05) is 28.1 Å². The normalized spacial score (nSPS) is 11.4. The van der Waals surface area contributed by atoms with Crippen LogP contribution in [0.15, 0.2) is 35.3 Å². The number of hydrogen-bond acceptors (Lipinski definition) is 2. The lowest BCUT2D eigenvalue weighted by Crippen LogP contribution is -2.08. The maximum Gasteiger partial charge on any atom is 0.125 e. The minimum Gasteiger partial charge on any atom is -0.496 e. The van der Waals surface area contributed by atoms with Gasteiger partial charge in [0.15, 0.2) is 0 Å². The highest BCUT2D eigenvalue weighted by molar-refractivity contribution is 9.10. The standard InChI is InChI=1S/C10H12BrNO.ClH/c1-3-9(12)8-5-4-7(11)6-10(8)13-2;/h3-6,9H,1,12H2,2H3;1H/t9-;/m0./s1. The van der Waals surface area contributed by atoms with Crippen molar-refractivity contribution in [2.75, 3.05) is 7.11 Å². The van der Waals surface area contributed by atoms with Crippen LogP contribution < -0.4 is 10.5 Å². The molecule has 0 aliphatic rings. The highest BCUT2D eigenvalue weighted by Gasteiger charge is 2.08. The summed E-state index contributed by atoms with van der Waals surface area (Å²) in [5.74, 6) is 0.779. The largest absolute Gasteiger partial charge is 0.496 e. The topological polar surface area (TPSA) is 35.2 Å². The fourth-order valence-corrected chi connectivity index (χ4v) is 1.43. The second-order valence-corrected chi connectivity index (χ2v) is 3.56. The second-order valence-electron chi connectivity index (χ2n) is 2.65. The van der Waals surface area contributed by atoms with Crippen molar-refractivity contribution in [3.8, 4) is 5.75 Å². The van der Waals surface area contributed by atoms with Gasteiger partial charge < -0.3 is 10.5 Å². The zero-order valence-corrected chi connectivity index (χ0v) is 10.3. The maximum absolute atomic E-state index is 5.81. The monoisotopic (exact) mass is 277 g/mol. The summed E-state index contributed by atoms with van der Waals surface area (Å²) >= 11 is 3.36. The minimum atomic E-state index is -0.178. The Morgan fingerprint density at radius 2 is 2.21 bits per heavy atom. The molecule has 0 saturated heterocycles. The number of methoxy groups -OCH3 is 1. The first-order valence-corrected chi connectivity index (χ1v) is 4.70. The third kappa shape index (κ3) is 3.01. The first-order valence-electron chi connectivity index (χ1n) is 3.90. The highest BCUT2D eigenvalue weighted by Crippen LogP contribution is 2.27. The molecular weight excluding hydrogens is 265 g/mol. The molecule has 78 valence electrons. The molecule has 0 saturated carbocycles. The van der Waals surface area contributed by atoms with Gasteiger partial charge in [-0.05, 0) is 12.1 Å². The summed E-state index contributed by atoms with van der Waals surface area (Å²) in [7, 11) is 1.63. The first kappa shape index (κ1) is 13.5. The molecule has 0 bridgehead atoms. The molecule has 0 aliphatic heterocycles. The molecule has 0 unspecified atom stereocenters. The van der Waals surface area contributed by atoms with Crippen LogP contribution in [0.3, 0.4) is 0 Å². The van der Waals surface area contributed by atoms with Crippen LogP contribution in [0, 0.1) is 0 Å². The van der Waals surface area contributed by atoms with Crippen molar-refractivity contribution in [2.45, 2.75) is 6.04 Å². The Balaban J connectivity index is 0.00000169. The molecule has 0 fully saturated rings. The van der Waals surface area contributed by atoms with Crippen molar-refractivity contribution < 1.29 is 4.74 Å². The van der Waals surface area contributed by atoms with E-state index in [1.54, 1.807) is 13.2 Å². The zero-order chi connectivity index (χ0) is 9.84. The van der Waals surface area contributed by atoms with Crippen molar-refractivity contribution in [1.29, 1.82) is 0 Å². The summed E-state index contributed by atoms with van der Waals surface area (Å²) in [5.41, 5.74) is 6.75. The van der Waals surface area contributed by atoms with Crippen LogP contribution in [-0.4, -0.2) is 7.11 Å². The highest BCUT2D eigenvalue weighted by atomic mass is 79.9. The van der Waals surface area contributed by atoms with Gasteiger partial charge in [0.2, 0.25) is 0 Å². The number of benzene rings is 1. The lowest BCUT2D eigenvalue weighted by Gasteiger charge is -2.12. The Bertz CT molecular complexity index is 317. The summed E-state index contributed by atoms with van der Waals surface area (Å²) < 4.78 is 6.17. The maximum atomic E-state index is 5.81. The average molecular weight is 279 g/mol. The van der Waals surface area contributed by atoms with E-state index in [9.17, 15) is 0 Å². The number of hydrogen-bond donors (Lipinski definition) is 1. The Hall–Kier alpha value is -0.510. The van der Waals surface area contributed by atoms with Gasteiger partial charge in [0.25, 0.3) is 0 Å². The lowest BCUT2D eigenvalue weighted by molar-refractivity contribution is 0.408. The van der Waals surface area contributed by atoms with E-state index >= 15 is 0 Å². The first-order chi connectivity index (χ1) is 6.19. The lowest BCUT2D eigenvalue weighted by atomic mass is 10.1. The average Bonchev–Trinajstić information content (AvgIpc) is 2.16. The third-order valence-electron chi connectivity index (χ3n) is 1.81. The van der Waals surface area contributed by atoms with Gasteiger partial charge >= 0.3 is 0 Å². The fraction of sp³-hybridized carbons (Fsp3) is 0.200. The Labute approximate surface area is 98.7 Å². The molecular formula is C10H13BrClNO. The molecule has 0 radical (unpaired) electrons. The molecule has 1 aromatic rings. The quantitative estimate of drug-likeness (QED) is 0.863. The number of nitrogens with two attached hydrogens (primary N) is 1. The molecule has 2 nitrogen and oxygen atoms in total. The van der Waals surface area contributed by atoms with Gasteiger partial charge in [-0.15, -0.1) is 19.0 Å². The van der Waals surface area contributed by atoms with Gasteiger partial charge in [0.1, 0.15) is 5.75 Å². The minimum absolute atomic E-state index is 0. The fourth-order valence-electron chi connectivity index (χ4n) is 1.09. The van der Waals surface area contributed by atoms with Crippen LogP contribution in [0.5, 0.6) is 5.75 Å². The van der Waals surface area contributed by atoms with Gasteiger partial charge in [0, 0.05) is 10.0 Å².